The predicted molar refractivity (Wildman–Crippen MR) is 167 cm³/mol. The summed E-state index contributed by atoms with van der Waals surface area (Å²) < 4.78 is 17.7. The maximum absolute atomic E-state index is 6.08. The molecule has 0 aliphatic carbocycles. The normalized spacial score (nSPS) is 14.7. The number of H-pyrrole nitrogens is 1. The summed E-state index contributed by atoms with van der Waals surface area (Å²) in [7, 11) is 1.62. The molecule has 42 heavy (non-hydrogen) atoms. The monoisotopic (exact) mass is 571 g/mol. The summed E-state index contributed by atoms with van der Waals surface area (Å²) in [5.74, 6) is 5.01. The van der Waals surface area contributed by atoms with Gasteiger partial charge in [0.05, 0.1) is 37.4 Å². The molecule has 4 aromatic rings. The molecule has 1 fully saturated rings. The van der Waals surface area contributed by atoms with Crippen molar-refractivity contribution in [3.05, 3.63) is 55.3 Å². The lowest BCUT2D eigenvalue weighted by Crippen LogP contribution is -2.46. The molecule has 0 atom stereocenters. The van der Waals surface area contributed by atoms with Gasteiger partial charge in [-0.05, 0) is 37.2 Å². The fourth-order valence-electron chi connectivity index (χ4n) is 4.67. The number of ether oxygens (including phenoxy) is 3. The van der Waals surface area contributed by atoms with Crippen molar-refractivity contribution in [1.82, 2.24) is 35.1 Å². The molecular formula is C32H41N7O3. The van der Waals surface area contributed by atoms with E-state index in [0.717, 1.165) is 68.7 Å². The van der Waals surface area contributed by atoms with E-state index in [2.05, 4.69) is 47.0 Å². The van der Waals surface area contributed by atoms with Crippen LogP contribution in [0.2, 0.25) is 0 Å². The van der Waals surface area contributed by atoms with E-state index < -0.39 is 0 Å². The van der Waals surface area contributed by atoms with Gasteiger partial charge in [-0.1, -0.05) is 25.8 Å². The first-order valence-corrected chi connectivity index (χ1v) is 14.6. The zero-order valence-electron chi connectivity index (χ0n) is 24.8. The van der Waals surface area contributed by atoms with Gasteiger partial charge in [0.2, 0.25) is 5.88 Å². The lowest BCUT2D eigenvalue weighted by molar-refractivity contribution is 0.136. The van der Waals surface area contributed by atoms with Crippen LogP contribution in [0.5, 0.6) is 23.1 Å². The maximum atomic E-state index is 6.08. The Morgan fingerprint density at radius 2 is 1.86 bits per heavy atom. The van der Waals surface area contributed by atoms with Crippen molar-refractivity contribution in [2.24, 2.45) is 0 Å². The second kappa shape index (κ2) is 16.2. The number of piperazine rings is 1. The maximum Gasteiger partial charge on any atom is 0.230 e. The summed E-state index contributed by atoms with van der Waals surface area (Å²) in [6, 6.07) is 7.58. The Hall–Kier alpha value is -4.33. The van der Waals surface area contributed by atoms with E-state index in [1.165, 1.54) is 12.7 Å². The molecule has 2 aliphatic heterocycles. The first-order valence-electron chi connectivity index (χ1n) is 14.6. The van der Waals surface area contributed by atoms with Crippen LogP contribution in [0.15, 0.2) is 55.3 Å². The van der Waals surface area contributed by atoms with E-state index >= 15 is 0 Å². The van der Waals surface area contributed by atoms with Crippen LogP contribution in [0.4, 0.5) is 0 Å². The lowest BCUT2D eigenvalue weighted by Gasteiger charge is -2.33. The highest BCUT2D eigenvalue weighted by atomic mass is 16.5. The van der Waals surface area contributed by atoms with Gasteiger partial charge in [0.15, 0.2) is 11.5 Å². The van der Waals surface area contributed by atoms with Gasteiger partial charge in [-0.2, -0.15) is 0 Å². The molecule has 0 amide bonds. The molecule has 0 bridgehead atoms. The Balaban J connectivity index is 0.000000516. The minimum absolute atomic E-state index is 0.431. The van der Waals surface area contributed by atoms with Crippen molar-refractivity contribution in [2.75, 3.05) is 59.5 Å². The van der Waals surface area contributed by atoms with Gasteiger partial charge in [-0.15, -0.1) is 6.42 Å². The van der Waals surface area contributed by atoms with Crippen molar-refractivity contribution in [3.63, 3.8) is 0 Å². The fraction of sp³-hybridized carbons (Fsp3) is 0.406. The predicted octanol–water partition coefficient (Wildman–Crippen LogP) is 4.85. The molecule has 0 radical (unpaired) electrons. The van der Waals surface area contributed by atoms with Crippen molar-refractivity contribution < 1.29 is 14.2 Å². The highest BCUT2D eigenvalue weighted by Gasteiger charge is 2.16. The molecule has 1 saturated heterocycles. The van der Waals surface area contributed by atoms with Crippen LogP contribution in [0.25, 0.3) is 21.9 Å². The molecule has 1 aromatic carbocycles. The van der Waals surface area contributed by atoms with Gasteiger partial charge in [0.25, 0.3) is 0 Å². The minimum Gasteiger partial charge on any atom is -0.493 e. The Morgan fingerprint density at radius 1 is 1.02 bits per heavy atom. The van der Waals surface area contributed by atoms with Crippen molar-refractivity contribution in [2.45, 2.75) is 26.7 Å². The molecule has 10 heteroatoms. The highest BCUT2D eigenvalue weighted by molar-refractivity contribution is 5.87. The highest BCUT2D eigenvalue weighted by Crippen LogP contribution is 2.36. The van der Waals surface area contributed by atoms with Crippen LogP contribution in [-0.2, 0) is 0 Å². The number of hydrogen-bond acceptors (Lipinski definition) is 9. The number of pyridine rings is 1. The number of hydrogen-bond donors (Lipinski definition) is 2. The van der Waals surface area contributed by atoms with Gasteiger partial charge in [-0.3, -0.25) is 4.90 Å². The average molecular weight is 572 g/mol. The van der Waals surface area contributed by atoms with Crippen molar-refractivity contribution in [3.8, 4) is 35.5 Å². The number of fused-ring (bicyclic) bond motifs is 2. The van der Waals surface area contributed by atoms with Gasteiger partial charge in [-0.25, -0.2) is 15.0 Å². The van der Waals surface area contributed by atoms with Crippen molar-refractivity contribution in [1.29, 1.82) is 0 Å². The van der Waals surface area contributed by atoms with Crippen LogP contribution in [0.1, 0.15) is 26.7 Å². The third-order valence-electron chi connectivity index (χ3n) is 6.82. The summed E-state index contributed by atoms with van der Waals surface area (Å²) in [5, 5.41) is 4.74. The van der Waals surface area contributed by atoms with E-state index in [1.807, 2.05) is 50.5 Å². The van der Waals surface area contributed by atoms with Crippen LogP contribution in [0.3, 0.4) is 0 Å². The van der Waals surface area contributed by atoms with Crippen molar-refractivity contribution >= 4 is 21.9 Å². The number of terminal acetylenes is 1. The standard InChI is InChI=1S/C26H28N6O3.C4H7N.C2H6/c1-3-7-31-9-11-32(12-10-31)8-4-13-34-24-16-22-21(15-23(24)33-2)26(30-18-29-22)35-20-14-19-5-6-27-25(19)28-17-20;1-2-4-5-3-1;1-2/h1,5-6,14-18H,4,7-13H2,2H3,(H,27,28);1,3,5H,2,4H2;1-2H3. The number of methoxy groups -OCH3 is 1. The minimum atomic E-state index is 0.431. The smallest absolute Gasteiger partial charge is 0.230 e. The first-order chi connectivity index (χ1) is 20.7. The molecule has 5 heterocycles. The molecule has 2 aliphatic rings. The van der Waals surface area contributed by atoms with Gasteiger partial charge < -0.3 is 29.4 Å². The van der Waals surface area contributed by atoms with Crippen LogP contribution in [-0.4, -0.2) is 89.3 Å². The Bertz CT molecular complexity index is 1470. The van der Waals surface area contributed by atoms with Crippen LogP contribution >= 0.6 is 0 Å². The molecule has 0 saturated carbocycles. The Morgan fingerprint density at radius 3 is 2.57 bits per heavy atom. The third-order valence-corrected chi connectivity index (χ3v) is 6.82. The number of aromatic amines is 1. The topological polar surface area (TPSA) is 101 Å². The summed E-state index contributed by atoms with van der Waals surface area (Å²) >= 11 is 0. The number of rotatable bonds is 9. The lowest BCUT2D eigenvalue weighted by atomic mass is 10.2. The summed E-state index contributed by atoms with van der Waals surface area (Å²) in [6.45, 7) is 11.5. The SMILES string of the molecule is C#CCN1CCN(CCCOc2cc3ncnc(Oc4cnc5[nH]ccc5c4)c3cc2OC)CC1.C1=CNCC1.CC. The molecule has 6 rings (SSSR count). The zero-order valence-corrected chi connectivity index (χ0v) is 24.8. The zero-order chi connectivity index (χ0) is 29.6. The molecular weight excluding hydrogens is 530 g/mol. The number of nitrogens with one attached hydrogen (secondary N) is 2. The second-order valence-electron chi connectivity index (χ2n) is 9.56. The van der Waals surface area contributed by atoms with E-state index in [9.17, 15) is 0 Å². The van der Waals surface area contributed by atoms with E-state index in [4.69, 9.17) is 20.6 Å². The fourth-order valence-corrected chi connectivity index (χ4v) is 4.67. The van der Waals surface area contributed by atoms with Gasteiger partial charge >= 0.3 is 0 Å². The van der Waals surface area contributed by atoms with E-state index in [0.29, 0.717) is 35.3 Å². The number of benzene rings is 1. The second-order valence-corrected chi connectivity index (χ2v) is 9.56. The van der Waals surface area contributed by atoms with Crippen LogP contribution in [0, 0.1) is 12.3 Å². The number of aromatic nitrogens is 4. The molecule has 0 unspecified atom stereocenters. The first kappa shape index (κ1) is 30.6. The van der Waals surface area contributed by atoms with Gasteiger partial charge in [0, 0.05) is 56.9 Å². The van der Waals surface area contributed by atoms with Crippen LogP contribution < -0.4 is 19.5 Å². The summed E-state index contributed by atoms with van der Waals surface area (Å²) in [5.41, 5.74) is 1.52. The summed E-state index contributed by atoms with van der Waals surface area (Å²) in [6.07, 6.45) is 16.6. The molecule has 10 nitrogen and oxygen atoms in total. The Labute approximate surface area is 248 Å². The molecule has 0 spiro atoms. The quantitative estimate of drug-likeness (QED) is 0.216. The average Bonchev–Trinajstić information content (AvgIpc) is 3.77. The largest absolute Gasteiger partial charge is 0.493 e. The summed E-state index contributed by atoms with van der Waals surface area (Å²) in [4.78, 5) is 20.9. The Kier molecular flexibility index (Phi) is 11.8. The molecule has 222 valence electrons. The third kappa shape index (κ3) is 8.35. The number of nitrogens with zero attached hydrogens (tertiary/aromatic N) is 5. The van der Waals surface area contributed by atoms with Gasteiger partial charge in [0.1, 0.15) is 17.7 Å². The van der Waals surface area contributed by atoms with E-state index in [1.54, 1.807) is 13.3 Å². The molecule has 3 aromatic heterocycles. The molecule has 2 N–H and O–H groups in total. The van der Waals surface area contributed by atoms with E-state index in [-0.39, 0.29) is 0 Å².